The van der Waals surface area contributed by atoms with Crippen molar-refractivity contribution in [2.75, 3.05) is 7.05 Å². The molecule has 0 bridgehead atoms. The fraction of sp³-hybridized carbons (Fsp3) is 0.556. The normalized spacial score (nSPS) is 14.8. The molecule has 1 aromatic heterocycles. The number of nitriles is 1. The second-order valence-electron chi connectivity index (χ2n) is 3.43. The summed E-state index contributed by atoms with van der Waals surface area (Å²) in [7, 11) is 1.75. The van der Waals surface area contributed by atoms with Crippen LogP contribution < -0.4 is 5.32 Å². The van der Waals surface area contributed by atoms with Gasteiger partial charge in [0.15, 0.2) is 0 Å². The molecular formula is C9H13ClN4. The molecule has 1 unspecified atom stereocenters. The lowest BCUT2D eigenvalue weighted by Crippen LogP contribution is -2.42. The molecule has 0 aromatic carbocycles. The molecule has 0 radical (unpaired) electrons. The Morgan fingerprint density at radius 2 is 2.43 bits per heavy atom. The van der Waals surface area contributed by atoms with Crippen molar-refractivity contribution in [2.24, 2.45) is 0 Å². The Morgan fingerprint density at radius 1 is 1.79 bits per heavy atom. The Kier molecular flexibility index (Phi) is 3.14. The van der Waals surface area contributed by atoms with Crippen molar-refractivity contribution in [3.05, 3.63) is 16.9 Å². The SMILES string of the molecule is CNC(C)(C#N)Cn1ncc(Cl)c1C. The van der Waals surface area contributed by atoms with E-state index in [-0.39, 0.29) is 0 Å². The van der Waals surface area contributed by atoms with Gasteiger partial charge in [0.05, 0.1) is 29.5 Å². The molecule has 0 aliphatic carbocycles. The van der Waals surface area contributed by atoms with Gasteiger partial charge in [-0.1, -0.05) is 11.6 Å². The van der Waals surface area contributed by atoms with Crippen LogP contribution in [0, 0.1) is 18.3 Å². The number of nitrogens with zero attached hydrogens (tertiary/aromatic N) is 3. The number of hydrogen-bond acceptors (Lipinski definition) is 3. The van der Waals surface area contributed by atoms with Gasteiger partial charge < -0.3 is 5.32 Å². The average Bonchev–Trinajstić information content (AvgIpc) is 2.49. The Balaban J connectivity index is 2.89. The summed E-state index contributed by atoms with van der Waals surface area (Å²) in [5.74, 6) is 0. The summed E-state index contributed by atoms with van der Waals surface area (Å²) >= 11 is 5.86. The number of aromatic nitrogens is 2. The molecule has 0 spiro atoms. The molecule has 4 nitrogen and oxygen atoms in total. The van der Waals surface area contributed by atoms with Crippen LogP contribution >= 0.6 is 11.6 Å². The van der Waals surface area contributed by atoms with Crippen LogP contribution in [0.1, 0.15) is 12.6 Å². The number of hydrogen-bond donors (Lipinski definition) is 1. The molecule has 5 heteroatoms. The standard InChI is InChI=1S/C9H13ClN4/c1-7-8(10)4-13-14(7)6-9(2,5-11)12-3/h4,12H,6H2,1-3H3. The second kappa shape index (κ2) is 3.99. The Hall–Kier alpha value is -1.05. The highest BCUT2D eigenvalue weighted by atomic mass is 35.5. The number of halogens is 1. The zero-order valence-electron chi connectivity index (χ0n) is 8.50. The molecule has 1 heterocycles. The molecule has 0 aliphatic rings. The van der Waals surface area contributed by atoms with Crippen LogP contribution in [-0.2, 0) is 6.54 Å². The van der Waals surface area contributed by atoms with E-state index in [9.17, 15) is 0 Å². The average molecular weight is 213 g/mol. The summed E-state index contributed by atoms with van der Waals surface area (Å²) in [6, 6.07) is 2.20. The van der Waals surface area contributed by atoms with Crippen LogP contribution in [0.15, 0.2) is 6.20 Å². The van der Waals surface area contributed by atoms with E-state index in [1.807, 2.05) is 13.8 Å². The summed E-state index contributed by atoms with van der Waals surface area (Å²) in [6.07, 6.45) is 1.59. The number of rotatable bonds is 3. The third-order valence-corrected chi connectivity index (χ3v) is 2.68. The molecular weight excluding hydrogens is 200 g/mol. The fourth-order valence-corrected chi connectivity index (χ4v) is 1.19. The van der Waals surface area contributed by atoms with Gasteiger partial charge >= 0.3 is 0 Å². The van der Waals surface area contributed by atoms with Crippen molar-refractivity contribution in [1.29, 1.82) is 5.26 Å². The summed E-state index contributed by atoms with van der Waals surface area (Å²) in [4.78, 5) is 0. The molecule has 0 saturated carbocycles. The first-order valence-corrected chi connectivity index (χ1v) is 4.68. The third-order valence-electron chi connectivity index (χ3n) is 2.31. The molecule has 1 atom stereocenters. The van der Waals surface area contributed by atoms with Crippen LogP contribution in [0.25, 0.3) is 0 Å². The van der Waals surface area contributed by atoms with Gasteiger partial charge in [-0.25, -0.2) is 0 Å². The van der Waals surface area contributed by atoms with E-state index >= 15 is 0 Å². The summed E-state index contributed by atoms with van der Waals surface area (Å²) < 4.78 is 1.72. The van der Waals surface area contributed by atoms with Crippen molar-refractivity contribution in [3.8, 4) is 6.07 Å². The summed E-state index contributed by atoms with van der Waals surface area (Å²) in [5.41, 5.74) is 0.267. The van der Waals surface area contributed by atoms with E-state index in [1.54, 1.807) is 17.9 Å². The maximum absolute atomic E-state index is 8.96. The zero-order chi connectivity index (χ0) is 10.8. The van der Waals surface area contributed by atoms with Crippen LogP contribution in [-0.4, -0.2) is 22.4 Å². The zero-order valence-corrected chi connectivity index (χ0v) is 9.26. The lowest BCUT2D eigenvalue weighted by atomic mass is 10.1. The third kappa shape index (κ3) is 2.06. The van der Waals surface area contributed by atoms with Gasteiger partial charge in [0.1, 0.15) is 5.54 Å². The van der Waals surface area contributed by atoms with Gasteiger partial charge in [-0.3, -0.25) is 4.68 Å². The molecule has 76 valence electrons. The summed E-state index contributed by atoms with van der Waals surface area (Å²) in [5, 5.41) is 16.6. The highest BCUT2D eigenvalue weighted by Gasteiger charge is 2.23. The van der Waals surface area contributed by atoms with Gasteiger partial charge in [0.2, 0.25) is 0 Å². The maximum Gasteiger partial charge on any atom is 0.123 e. The molecule has 0 fully saturated rings. The molecule has 14 heavy (non-hydrogen) atoms. The van der Waals surface area contributed by atoms with Crippen LogP contribution in [0.5, 0.6) is 0 Å². The quantitative estimate of drug-likeness (QED) is 0.823. The van der Waals surface area contributed by atoms with Crippen LogP contribution in [0.2, 0.25) is 5.02 Å². The van der Waals surface area contributed by atoms with Crippen LogP contribution in [0.4, 0.5) is 0 Å². The van der Waals surface area contributed by atoms with Gasteiger partial charge in [0, 0.05) is 0 Å². The predicted molar refractivity (Wildman–Crippen MR) is 55.1 cm³/mol. The molecule has 0 aliphatic heterocycles. The number of likely N-dealkylation sites (N-methyl/N-ethyl adjacent to an activating group) is 1. The van der Waals surface area contributed by atoms with E-state index in [2.05, 4.69) is 16.5 Å². The number of nitrogens with one attached hydrogen (secondary N) is 1. The van der Waals surface area contributed by atoms with Crippen molar-refractivity contribution >= 4 is 11.6 Å². The van der Waals surface area contributed by atoms with Crippen molar-refractivity contribution in [3.63, 3.8) is 0 Å². The van der Waals surface area contributed by atoms with Gasteiger partial charge in [-0.05, 0) is 20.9 Å². The van der Waals surface area contributed by atoms with E-state index in [1.165, 1.54) is 0 Å². The maximum atomic E-state index is 8.96. The first-order chi connectivity index (χ1) is 6.52. The Morgan fingerprint density at radius 3 is 2.79 bits per heavy atom. The largest absolute Gasteiger partial charge is 0.301 e. The van der Waals surface area contributed by atoms with E-state index in [4.69, 9.17) is 16.9 Å². The van der Waals surface area contributed by atoms with E-state index < -0.39 is 5.54 Å². The second-order valence-corrected chi connectivity index (χ2v) is 3.84. The fourth-order valence-electron chi connectivity index (χ4n) is 1.05. The van der Waals surface area contributed by atoms with E-state index in [0.717, 1.165) is 5.69 Å². The first-order valence-electron chi connectivity index (χ1n) is 4.30. The minimum absolute atomic E-state index is 0.485. The molecule has 1 N–H and O–H groups in total. The minimum Gasteiger partial charge on any atom is -0.301 e. The van der Waals surface area contributed by atoms with Crippen molar-refractivity contribution in [1.82, 2.24) is 15.1 Å². The predicted octanol–water partition coefficient (Wildman–Crippen LogP) is 1.35. The minimum atomic E-state index is -0.611. The highest BCUT2D eigenvalue weighted by molar-refractivity contribution is 6.31. The Labute approximate surface area is 88.5 Å². The van der Waals surface area contributed by atoms with Crippen molar-refractivity contribution in [2.45, 2.75) is 25.9 Å². The molecule has 0 saturated heterocycles. The van der Waals surface area contributed by atoms with E-state index in [0.29, 0.717) is 11.6 Å². The smallest absolute Gasteiger partial charge is 0.123 e. The topological polar surface area (TPSA) is 53.6 Å². The van der Waals surface area contributed by atoms with Gasteiger partial charge in [0.25, 0.3) is 0 Å². The molecule has 0 amide bonds. The monoisotopic (exact) mass is 212 g/mol. The molecule has 1 aromatic rings. The van der Waals surface area contributed by atoms with Gasteiger partial charge in [-0.2, -0.15) is 10.4 Å². The highest BCUT2D eigenvalue weighted by Crippen LogP contribution is 2.15. The van der Waals surface area contributed by atoms with Gasteiger partial charge in [-0.15, -0.1) is 0 Å². The first kappa shape index (κ1) is 11.0. The molecule has 1 rings (SSSR count). The summed E-state index contributed by atoms with van der Waals surface area (Å²) in [6.45, 7) is 4.18. The Bertz CT molecular complexity index is 365. The van der Waals surface area contributed by atoms with Crippen LogP contribution in [0.3, 0.4) is 0 Å². The van der Waals surface area contributed by atoms with Crippen molar-refractivity contribution < 1.29 is 0 Å². The lowest BCUT2D eigenvalue weighted by Gasteiger charge is -2.21. The lowest BCUT2D eigenvalue weighted by molar-refractivity contribution is 0.392.